The SMILES string of the molecule is CCc1cccc(C)c1NC(=O)c1cc(-c2ccc(C)cc2C)nc2ccccc12. The standard InChI is InChI=1S/C27H26N2O/c1-5-20-10-8-9-18(3)26(20)29-27(30)23-16-25(21-14-13-17(2)15-19(21)4)28-24-12-7-6-11-22(23)24/h6-16H,5H2,1-4H3,(H,29,30). The van der Waals surface area contributed by atoms with Crippen molar-refractivity contribution in [1.82, 2.24) is 4.98 Å². The first kappa shape index (κ1) is 19.8. The largest absolute Gasteiger partial charge is 0.321 e. The van der Waals surface area contributed by atoms with Gasteiger partial charge in [0.25, 0.3) is 5.91 Å². The summed E-state index contributed by atoms with van der Waals surface area (Å²) >= 11 is 0. The van der Waals surface area contributed by atoms with Crippen molar-refractivity contribution in [2.24, 2.45) is 0 Å². The number of amides is 1. The number of nitrogens with zero attached hydrogens (tertiary/aromatic N) is 1. The van der Waals surface area contributed by atoms with E-state index in [9.17, 15) is 4.79 Å². The van der Waals surface area contributed by atoms with Gasteiger partial charge in [-0.2, -0.15) is 0 Å². The minimum absolute atomic E-state index is 0.108. The van der Waals surface area contributed by atoms with E-state index in [1.54, 1.807) is 0 Å². The van der Waals surface area contributed by atoms with Gasteiger partial charge >= 0.3 is 0 Å². The third kappa shape index (κ3) is 3.71. The maximum absolute atomic E-state index is 13.4. The molecule has 4 rings (SSSR count). The predicted molar refractivity (Wildman–Crippen MR) is 125 cm³/mol. The molecule has 3 nitrogen and oxygen atoms in total. The summed E-state index contributed by atoms with van der Waals surface area (Å²) in [5, 5.41) is 4.03. The highest BCUT2D eigenvalue weighted by atomic mass is 16.1. The third-order valence-corrected chi connectivity index (χ3v) is 5.60. The maximum atomic E-state index is 13.4. The summed E-state index contributed by atoms with van der Waals surface area (Å²) in [6.45, 7) is 8.29. The van der Waals surface area contributed by atoms with Crippen LogP contribution in [-0.4, -0.2) is 10.9 Å². The molecule has 0 saturated heterocycles. The van der Waals surface area contributed by atoms with E-state index in [1.165, 1.54) is 5.56 Å². The van der Waals surface area contributed by atoms with Crippen molar-refractivity contribution in [2.75, 3.05) is 5.32 Å². The number of aromatic nitrogens is 1. The molecule has 0 bridgehead atoms. The van der Waals surface area contributed by atoms with Crippen molar-refractivity contribution in [3.8, 4) is 11.3 Å². The van der Waals surface area contributed by atoms with Crippen LogP contribution in [0, 0.1) is 20.8 Å². The second-order valence-corrected chi connectivity index (χ2v) is 7.81. The maximum Gasteiger partial charge on any atom is 0.256 e. The van der Waals surface area contributed by atoms with E-state index < -0.39 is 0 Å². The normalized spacial score (nSPS) is 10.9. The Bertz CT molecular complexity index is 1260. The minimum atomic E-state index is -0.108. The molecule has 0 saturated carbocycles. The zero-order chi connectivity index (χ0) is 21.3. The Labute approximate surface area is 177 Å². The van der Waals surface area contributed by atoms with Crippen LogP contribution in [0.2, 0.25) is 0 Å². The van der Waals surface area contributed by atoms with E-state index in [1.807, 2.05) is 49.4 Å². The molecular weight excluding hydrogens is 368 g/mol. The van der Waals surface area contributed by atoms with Gasteiger partial charge in [-0.25, -0.2) is 4.98 Å². The first-order valence-corrected chi connectivity index (χ1v) is 10.3. The van der Waals surface area contributed by atoms with E-state index in [0.29, 0.717) is 5.56 Å². The molecule has 3 heteroatoms. The molecule has 3 aromatic carbocycles. The number of nitrogens with one attached hydrogen (secondary N) is 1. The molecule has 1 N–H and O–H groups in total. The molecule has 0 aliphatic heterocycles. The Hall–Kier alpha value is -3.46. The van der Waals surface area contributed by atoms with Gasteiger partial charge in [-0.15, -0.1) is 0 Å². The average molecular weight is 395 g/mol. The van der Waals surface area contributed by atoms with Crippen LogP contribution in [0.1, 0.15) is 39.5 Å². The van der Waals surface area contributed by atoms with Crippen LogP contribution in [0.3, 0.4) is 0 Å². The summed E-state index contributed by atoms with van der Waals surface area (Å²) in [4.78, 5) is 18.3. The van der Waals surface area contributed by atoms with E-state index >= 15 is 0 Å². The molecule has 1 heterocycles. The second-order valence-electron chi connectivity index (χ2n) is 7.81. The van der Waals surface area contributed by atoms with Crippen molar-refractivity contribution < 1.29 is 4.79 Å². The molecule has 0 atom stereocenters. The number of benzene rings is 3. The molecule has 0 spiro atoms. The Morgan fingerprint density at radius 1 is 0.900 bits per heavy atom. The lowest BCUT2D eigenvalue weighted by Crippen LogP contribution is -2.15. The van der Waals surface area contributed by atoms with Crippen LogP contribution in [0.5, 0.6) is 0 Å². The number of anilines is 1. The lowest BCUT2D eigenvalue weighted by Gasteiger charge is -2.15. The summed E-state index contributed by atoms with van der Waals surface area (Å²) in [6.07, 6.45) is 0.863. The van der Waals surface area contributed by atoms with Gasteiger partial charge in [0.05, 0.1) is 16.8 Å². The number of hydrogen-bond acceptors (Lipinski definition) is 2. The van der Waals surface area contributed by atoms with Crippen LogP contribution in [-0.2, 0) is 6.42 Å². The fourth-order valence-electron chi connectivity index (χ4n) is 3.99. The predicted octanol–water partition coefficient (Wildman–Crippen LogP) is 6.64. The first-order chi connectivity index (χ1) is 14.5. The fourth-order valence-corrected chi connectivity index (χ4v) is 3.99. The van der Waals surface area contributed by atoms with Crippen LogP contribution < -0.4 is 5.32 Å². The third-order valence-electron chi connectivity index (χ3n) is 5.60. The van der Waals surface area contributed by atoms with Crippen LogP contribution >= 0.6 is 0 Å². The van der Waals surface area contributed by atoms with E-state index in [0.717, 1.165) is 51.0 Å². The van der Waals surface area contributed by atoms with Gasteiger partial charge in [0.2, 0.25) is 0 Å². The molecule has 4 aromatic rings. The van der Waals surface area contributed by atoms with Crippen molar-refractivity contribution in [1.29, 1.82) is 0 Å². The Balaban J connectivity index is 1.85. The molecular formula is C27H26N2O. The molecule has 0 aliphatic carbocycles. The first-order valence-electron chi connectivity index (χ1n) is 10.3. The quantitative estimate of drug-likeness (QED) is 0.421. The Kier molecular flexibility index (Phi) is 5.37. The smallest absolute Gasteiger partial charge is 0.256 e. The summed E-state index contributed by atoms with van der Waals surface area (Å²) in [7, 11) is 0. The Morgan fingerprint density at radius 2 is 1.70 bits per heavy atom. The number of rotatable bonds is 4. The zero-order valence-corrected chi connectivity index (χ0v) is 17.9. The fraction of sp³-hybridized carbons (Fsp3) is 0.185. The molecule has 1 aromatic heterocycles. The lowest BCUT2D eigenvalue weighted by atomic mass is 9.99. The van der Waals surface area contributed by atoms with E-state index in [4.69, 9.17) is 4.98 Å². The number of fused-ring (bicyclic) bond motifs is 1. The average Bonchev–Trinajstić information content (AvgIpc) is 2.74. The lowest BCUT2D eigenvalue weighted by molar-refractivity contribution is 0.102. The molecule has 0 aliphatic rings. The van der Waals surface area contributed by atoms with Gasteiger partial charge < -0.3 is 5.32 Å². The molecule has 0 radical (unpaired) electrons. The number of aryl methyl sites for hydroxylation is 4. The van der Waals surface area contributed by atoms with E-state index in [2.05, 4.69) is 50.4 Å². The zero-order valence-electron chi connectivity index (χ0n) is 17.9. The minimum Gasteiger partial charge on any atom is -0.321 e. The van der Waals surface area contributed by atoms with Gasteiger partial charge in [0, 0.05) is 16.6 Å². The van der Waals surface area contributed by atoms with Crippen molar-refractivity contribution in [3.63, 3.8) is 0 Å². The summed E-state index contributed by atoms with van der Waals surface area (Å²) in [6, 6.07) is 22.2. The van der Waals surface area contributed by atoms with Crippen molar-refractivity contribution in [2.45, 2.75) is 34.1 Å². The molecule has 1 amide bonds. The van der Waals surface area contributed by atoms with Gasteiger partial charge in [-0.3, -0.25) is 4.79 Å². The number of hydrogen-bond donors (Lipinski definition) is 1. The van der Waals surface area contributed by atoms with Crippen molar-refractivity contribution in [3.05, 3.63) is 94.5 Å². The highest BCUT2D eigenvalue weighted by Crippen LogP contribution is 2.29. The highest BCUT2D eigenvalue weighted by Gasteiger charge is 2.17. The van der Waals surface area contributed by atoms with Gasteiger partial charge in [-0.05, 0) is 56.0 Å². The number of para-hydroxylation sites is 2. The molecule has 0 fully saturated rings. The van der Waals surface area contributed by atoms with Crippen LogP contribution in [0.25, 0.3) is 22.2 Å². The molecule has 0 unspecified atom stereocenters. The monoisotopic (exact) mass is 394 g/mol. The highest BCUT2D eigenvalue weighted by molar-refractivity contribution is 6.13. The number of carbonyl (C=O) groups excluding carboxylic acids is 1. The Morgan fingerprint density at radius 3 is 2.47 bits per heavy atom. The molecule has 30 heavy (non-hydrogen) atoms. The van der Waals surface area contributed by atoms with E-state index in [-0.39, 0.29) is 5.91 Å². The van der Waals surface area contributed by atoms with Gasteiger partial charge in [0.15, 0.2) is 0 Å². The van der Waals surface area contributed by atoms with Crippen LogP contribution in [0.4, 0.5) is 5.69 Å². The summed E-state index contributed by atoms with van der Waals surface area (Å²) in [5.74, 6) is -0.108. The number of carbonyl (C=O) groups is 1. The molecule has 150 valence electrons. The number of pyridine rings is 1. The van der Waals surface area contributed by atoms with Gasteiger partial charge in [-0.1, -0.05) is 67.1 Å². The summed E-state index contributed by atoms with van der Waals surface area (Å²) in [5.41, 5.74) is 8.78. The van der Waals surface area contributed by atoms with Gasteiger partial charge in [0.1, 0.15) is 0 Å². The topological polar surface area (TPSA) is 42.0 Å². The van der Waals surface area contributed by atoms with Crippen molar-refractivity contribution >= 4 is 22.5 Å². The second kappa shape index (κ2) is 8.11. The summed E-state index contributed by atoms with van der Waals surface area (Å²) < 4.78 is 0. The van der Waals surface area contributed by atoms with Crippen LogP contribution in [0.15, 0.2) is 66.7 Å².